The summed E-state index contributed by atoms with van der Waals surface area (Å²) >= 11 is 0. The lowest BCUT2D eigenvalue weighted by Gasteiger charge is -2.28. The van der Waals surface area contributed by atoms with Gasteiger partial charge in [0.05, 0.1) is 13.4 Å². The minimum Gasteiger partial charge on any atom is -0.493 e. The zero-order valence-corrected chi connectivity index (χ0v) is 18.3. The molecule has 158 valence electrons. The molecule has 0 aliphatic heterocycles. The Hall–Kier alpha value is -3.06. The molecular weight excluding hydrogens is 402 g/mol. The van der Waals surface area contributed by atoms with Crippen molar-refractivity contribution in [1.82, 2.24) is 4.90 Å². The van der Waals surface area contributed by atoms with Crippen molar-refractivity contribution in [2.24, 2.45) is 0 Å². The Morgan fingerprint density at radius 1 is 1.00 bits per heavy atom. The Morgan fingerprint density at radius 3 is 2.37 bits per heavy atom. The molecule has 0 radical (unpaired) electrons. The number of fused-ring (bicyclic) bond motifs is 1. The zero-order chi connectivity index (χ0) is 21.9. The first-order valence-electron chi connectivity index (χ1n) is 9.54. The van der Waals surface area contributed by atoms with Gasteiger partial charge in [0, 0.05) is 18.2 Å². The summed E-state index contributed by atoms with van der Waals surface area (Å²) in [5.74, 6) is 0.308. The number of hydrogen-bond acceptors (Lipinski definition) is 5. The van der Waals surface area contributed by atoms with Crippen LogP contribution in [0.1, 0.15) is 29.8 Å². The fourth-order valence-electron chi connectivity index (χ4n) is 3.30. The number of hydrogen-bond donors (Lipinski definition) is 0. The van der Waals surface area contributed by atoms with Crippen molar-refractivity contribution in [3.63, 3.8) is 0 Å². The van der Waals surface area contributed by atoms with Crippen LogP contribution in [0.5, 0.6) is 11.5 Å². The quantitative estimate of drug-likeness (QED) is 0.528. The van der Waals surface area contributed by atoms with Crippen molar-refractivity contribution in [3.8, 4) is 11.5 Å². The molecule has 0 aliphatic rings. The van der Waals surface area contributed by atoms with Gasteiger partial charge in [0.2, 0.25) is 0 Å². The van der Waals surface area contributed by atoms with Crippen LogP contribution in [0.25, 0.3) is 10.8 Å². The van der Waals surface area contributed by atoms with Gasteiger partial charge in [-0.3, -0.25) is 4.79 Å². The van der Waals surface area contributed by atoms with Crippen molar-refractivity contribution in [2.45, 2.75) is 26.4 Å². The number of methoxy groups -OCH3 is 1. The van der Waals surface area contributed by atoms with E-state index in [0.29, 0.717) is 17.9 Å². The Bertz CT molecular complexity index is 1170. The van der Waals surface area contributed by atoms with Gasteiger partial charge in [0.15, 0.2) is 11.5 Å². The molecule has 0 spiro atoms. The van der Waals surface area contributed by atoms with Crippen molar-refractivity contribution in [3.05, 3.63) is 71.8 Å². The molecule has 0 aromatic heterocycles. The van der Waals surface area contributed by atoms with Crippen LogP contribution in [0.4, 0.5) is 0 Å². The van der Waals surface area contributed by atoms with E-state index in [4.69, 9.17) is 8.92 Å². The molecule has 0 fully saturated rings. The number of nitrogens with zero attached hydrogens (tertiary/aromatic N) is 1. The van der Waals surface area contributed by atoms with Gasteiger partial charge in [-0.25, -0.2) is 0 Å². The molecule has 30 heavy (non-hydrogen) atoms. The third-order valence-electron chi connectivity index (χ3n) is 4.73. The molecule has 0 saturated heterocycles. The summed E-state index contributed by atoms with van der Waals surface area (Å²) in [6, 6.07) is 18.4. The van der Waals surface area contributed by atoms with Crippen LogP contribution < -0.4 is 8.92 Å². The first-order valence-corrected chi connectivity index (χ1v) is 11.4. The van der Waals surface area contributed by atoms with Gasteiger partial charge < -0.3 is 13.8 Å². The average Bonchev–Trinajstić information content (AvgIpc) is 2.70. The second-order valence-electron chi connectivity index (χ2n) is 7.33. The lowest BCUT2D eigenvalue weighted by Crippen LogP contribution is -2.36. The number of carbonyl (C=O) groups excluding carboxylic acids is 1. The SMILES string of the molecule is COc1ccc(CN(C(=O)c2cccc3ccccc23)C(C)C)cc1OS(C)(=O)=O. The molecule has 0 unspecified atom stereocenters. The summed E-state index contributed by atoms with van der Waals surface area (Å²) in [6.07, 6.45) is 0.976. The molecule has 3 aromatic rings. The first-order chi connectivity index (χ1) is 14.2. The highest BCUT2D eigenvalue weighted by atomic mass is 32.2. The van der Waals surface area contributed by atoms with Crippen LogP contribution in [-0.2, 0) is 16.7 Å². The van der Waals surface area contributed by atoms with E-state index in [9.17, 15) is 13.2 Å². The topological polar surface area (TPSA) is 72.9 Å². The number of ether oxygens (including phenoxy) is 1. The van der Waals surface area contributed by atoms with Crippen LogP contribution in [0.2, 0.25) is 0 Å². The smallest absolute Gasteiger partial charge is 0.306 e. The normalized spacial score (nSPS) is 11.5. The molecule has 0 bridgehead atoms. The molecule has 0 heterocycles. The van der Waals surface area contributed by atoms with Gasteiger partial charge in [-0.05, 0) is 48.4 Å². The maximum absolute atomic E-state index is 13.4. The Balaban J connectivity index is 1.96. The first kappa shape index (κ1) is 21.6. The second kappa shape index (κ2) is 8.75. The highest BCUT2D eigenvalue weighted by Gasteiger charge is 2.22. The Morgan fingerprint density at radius 2 is 1.70 bits per heavy atom. The summed E-state index contributed by atoms with van der Waals surface area (Å²) in [5.41, 5.74) is 1.36. The van der Waals surface area contributed by atoms with Crippen molar-refractivity contribution in [1.29, 1.82) is 0 Å². The molecule has 0 atom stereocenters. The van der Waals surface area contributed by atoms with Gasteiger partial charge in [-0.15, -0.1) is 0 Å². The molecule has 7 heteroatoms. The maximum Gasteiger partial charge on any atom is 0.306 e. The summed E-state index contributed by atoms with van der Waals surface area (Å²) in [6.45, 7) is 4.19. The van der Waals surface area contributed by atoms with E-state index in [1.807, 2.05) is 56.3 Å². The van der Waals surface area contributed by atoms with Crippen LogP contribution >= 0.6 is 0 Å². The third kappa shape index (κ3) is 4.91. The van der Waals surface area contributed by atoms with Crippen molar-refractivity contribution in [2.75, 3.05) is 13.4 Å². The predicted octanol–water partition coefficient (Wildman–Crippen LogP) is 4.24. The summed E-state index contributed by atoms with van der Waals surface area (Å²) in [5, 5.41) is 1.90. The lowest BCUT2D eigenvalue weighted by molar-refractivity contribution is 0.0692. The van der Waals surface area contributed by atoms with E-state index >= 15 is 0 Å². The van der Waals surface area contributed by atoms with Crippen LogP contribution in [-0.4, -0.2) is 38.6 Å². The van der Waals surface area contributed by atoms with E-state index in [0.717, 1.165) is 22.6 Å². The van der Waals surface area contributed by atoms with Crippen molar-refractivity contribution >= 4 is 26.8 Å². The monoisotopic (exact) mass is 427 g/mol. The van der Waals surface area contributed by atoms with E-state index in [-0.39, 0.29) is 17.7 Å². The number of carbonyl (C=O) groups is 1. The second-order valence-corrected chi connectivity index (χ2v) is 8.90. The van der Waals surface area contributed by atoms with Crippen molar-refractivity contribution < 1.29 is 22.1 Å². The maximum atomic E-state index is 13.4. The van der Waals surface area contributed by atoms with E-state index < -0.39 is 10.1 Å². The van der Waals surface area contributed by atoms with Gasteiger partial charge in [-0.1, -0.05) is 42.5 Å². The molecule has 0 N–H and O–H groups in total. The molecule has 1 amide bonds. The fourth-order valence-corrected chi connectivity index (χ4v) is 3.76. The van der Waals surface area contributed by atoms with E-state index in [2.05, 4.69) is 0 Å². The summed E-state index contributed by atoms with van der Waals surface area (Å²) < 4.78 is 33.4. The Labute approximate surface area is 177 Å². The standard InChI is InChI=1S/C23H25NO5S/c1-16(2)24(23(25)20-11-7-9-18-8-5-6-10-19(18)20)15-17-12-13-21(28-3)22(14-17)29-30(4,26)27/h5-14,16H,15H2,1-4H3. The molecule has 0 aliphatic carbocycles. The molecule has 3 rings (SSSR count). The highest BCUT2D eigenvalue weighted by Crippen LogP contribution is 2.30. The van der Waals surface area contributed by atoms with Gasteiger partial charge in [0.25, 0.3) is 5.91 Å². The molecule has 0 saturated carbocycles. The van der Waals surface area contributed by atoms with Crippen LogP contribution in [0, 0.1) is 0 Å². The Kier molecular flexibility index (Phi) is 6.31. The van der Waals surface area contributed by atoms with Gasteiger partial charge in [-0.2, -0.15) is 8.42 Å². The van der Waals surface area contributed by atoms with E-state index in [1.54, 1.807) is 23.1 Å². The predicted molar refractivity (Wildman–Crippen MR) is 117 cm³/mol. The van der Waals surface area contributed by atoms with E-state index in [1.165, 1.54) is 7.11 Å². The number of amides is 1. The lowest BCUT2D eigenvalue weighted by atomic mass is 10.0. The van der Waals surface area contributed by atoms with Gasteiger partial charge >= 0.3 is 10.1 Å². The van der Waals surface area contributed by atoms with Gasteiger partial charge in [0.1, 0.15) is 0 Å². The third-order valence-corrected chi connectivity index (χ3v) is 5.21. The average molecular weight is 428 g/mol. The summed E-state index contributed by atoms with van der Waals surface area (Å²) in [7, 11) is -2.28. The zero-order valence-electron chi connectivity index (χ0n) is 17.5. The number of rotatable bonds is 7. The minimum absolute atomic E-state index is 0.0714. The minimum atomic E-state index is -3.72. The fraction of sp³-hybridized carbons (Fsp3) is 0.261. The molecule has 3 aromatic carbocycles. The summed E-state index contributed by atoms with van der Waals surface area (Å²) in [4.78, 5) is 15.2. The number of benzene rings is 3. The molecular formula is C23H25NO5S. The highest BCUT2D eigenvalue weighted by molar-refractivity contribution is 7.86. The van der Waals surface area contributed by atoms with Crippen LogP contribution in [0.15, 0.2) is 60.7 Å². The largest absolute Gasteiger partial charge is 0.493 e. The molecule has 6 nitrogen and oxygen atoms in total. The van der Waals surface area contributed by atoms with Crippen LogP contribution in [0.3, 0.4) is 0 Å².